The van der Waals surface area contributed by atoms with Gasteiger partial charge in [-0.3, -0.25) is 9.59 Å². The lowest BCUT2D eigenvalue weighted by Gasteiger charge is -2.24. The first kappa shape index (κ1) is 58.3. The van der Waals surface area contributed by atoms with E-state index >= 15 is 0 Å². The maximum atomic E-state index is 13.2. The number of nitrogens with one attached hydrogen (secondary N) is 1. The molecule has 3 unspecified atom stereocenters. The molecule has 6 nitrogen and oxygen atoms in total. The Balaban J connectivity index is 4.51. The molecule has 3 atom stereocenters. The second kappa shape index (κ2) is 48.4. The van der Waals surface area contributed by atoms with Crippen molar-refractivity contribution in [3.63, 3.8) is 0 Å². The lowest BCUT2D eigenvalue weighted by molar-refractivity contribution is -0.151. The number of ether oxygens (including phenoxy) is 1. The molecule has 0 fully saturated rings. The molecule has 0 aliphatic rings. The maximum Gasteiger partial charge on any atom is 0.306 e. The van der Waals surface area contributed by atoms with Crippen LogP contribution in [0.3, 0.4) is 0 Å². The van der Waals surface area contributed by atoms with Gasteiger partial charge in [0, 0.05) is 6.42 Å². The quantitative estimate of drug-likeness (QED) is 0.0322. The molecular weight excluding hydrogens is 743 g/mol. The van der Waals surface area contributed by atoms with Crippen LogP contribution < -0.4 is 5.32 Å². The highest BCUT2D eigenvalue weighted by Gasteiger charge is 2.24. The van der Waals surface area contributed by atoms with Crippen LogP contribution in [0.1, 0.15) is 284 Å². The molecule has 0 heterocycles. The van der Waals surface area contributed by atoms with E-state index in [0.717, 1.165) is 64.2 Å². The number of aliphatic hydroxyl groups excluding tert-OH is 2. The lowest BCUT2D eigenvalue weighted by Crippen LogP contribution is -2.46. The van der Waals surface area contributed by atoms with Crippen molar-refractivity contribution >= 4 is 11.9 Å². The van der Waals surface area contributed by atoms with E-state index in [-0.39, 0.29) is 24.9 Å². The number of carbonyl (C=O) groups is 2. The van der Waals surface area contributed by atoms with Gasteiger partial charge in [-0.25, -0.2) is 0 Å². The Morgan fingerprint density at radius 1 is 0.483 bits per heavy atom. The molecule has 6 heteroatoms. The first-order valence-corrected chi connectivity index (χ1v) is 26.6. The third-order valence-corrected chi connectivity index (χ3v) is 12.3. The molecule has 0 aromatic heterocycles. The molecule has 0 aliphatic heterocycles. The summed E-state index contributed by atoms with van der Waals surface area (Å²) >= 11 is 0. The van der Waals surface area contributed by atoms with Gasteiger partial charge in [-0.05, 0) is 57.8 Å². The third kappa shape index (κ3) is 43.0. The van der Waals surface area contributed by atoms with E-state index in [1.807, 2.05) is 0 Å². The van der Waals surface area contributed by atoms with Crippen LogP contribution in [0.4, 0.5) is 0 Å². The normalized spacial score (nSPS) is 13.3. The zero-order chi connectivity index (χ0) is 43.8. The van der Waals surface area contributed by atoms with Gasteiger partial charge in [0.2, 0.25) is 5.91 Å². The summed E-state index contributed by atoms with van der Waals surface area (Å²) in [6.45, 7) is 6.47. The molecule has 0 saturated heterocycles. The molecule has 0 aromatic carbocycles. The van der Waals surface area contributed by atoms with Crippen LogP contribution in [-0.4, -0.2) is 46.9 Å². The van der Waals surface area contributed by atoms with Crippen LogP contribution in [0.25, 0.3) is 0 Å². The third-order valence-electron chi connectivity index (χ3n) is 12.3. The minimum atomic E-state index is -0.787. The predicted molar refractivity (Wildman–Crippen MR) is 260 cm³/mol. The summed E-state index contributed by atoms with van der Waals surface area (Å²) in [5.74, 6) is -0.475. The molecule has 60 heavy (non-hydrogen) atoms. The van der Waals surface area contributed by atoms with Crippen molar-refractivity contribution in [2.45, 2.75) is 302 Å². The molecule has 0 radical (unpaired) electrons. The number of aliphatic hydroxyl groups is 2. The first-order chi connectivity index (χ1) is 29.5. The Kier molecular flexibility index (Phi) is 47.0. The fourth-order valence-electron chi connectivity index (χ4n) is 8.23. The molecule has 3 N–H and O–H groups in total. The summed E-state index contributed by atoms with van der Waals surface area (Å²) < 4.78 is 5.92. The smallest absolute Gasteiger partial charge is 0.306 e. The van der Waals surface area contributed by atoms with Crippen LogP contribution in [0.15, 0.2) is 24.3 Å². The van der Waals surface area contributed by atoms with Crippen LogP contribution in [-0.2, 0) is 14.3 Å². The molecule has 354 valence electrons. The van der Waals surface area contributed by atoms with Gasteiger partial charge in [0.15, 0.2) is 0 Å². The summed E-state index contributed by atoms with van der Waals surface area (Å²) in [4.78, 5) is 26.1. The fourth-order valence-corrected chi connectivity index (χ4v) is 8.23. The fraction of sp³-hybridized carbons (Fsp3) is 0.889. The zero-order valence-corrected chi connectivity index (χ0v) is 40.4. The highest BCUT2D eigenvalue weighted by molar-refractivity contribution is 5.77. The van der Waals surface area contributed by atoms with E-state index in [0.29, 0.717) is 19.3 Å². The SMILES string of the molecule is CCCCC/C=C\C/C=C\CCCCCCCC(CC(=O)NC(CO)C(O)CCCCCCCCCCCCCCCCCC)OC(=O)CCCCCCCCCCCC. The van der Waals surface area contributed by atoms with Crippen LogP contribution in [0.2, 0.25) is 0 Å². The second-order valence-electron chi connectivity index (χ2n) is 18.3. The van der Waals surface area contributed by atoms with Crippen molar-refractivity contribution in [3.05, 3.63) is 24.3 Å². The monoisotopic (exact) mass is 846 g/mol. The molecule has 0 spiro atoms. The van der Waals surface area contributed by atoms with E-state index in [9.17, 15) is 19.8 Å². The van der Waals surface area contributed by atoms with Gasteiger partial charge in [0.1, 0.15) is 6.10 Å². The van der Waals surface area contributed by atoms with Crippen molar-refractivity contribution < 1.29 is 24.5 Å². The largest absolute Gasteiger partial charge is 0.462 e. The summed E-state index contributed by atoms with van der Waals surface area (Å²) in [5.41, 5.74) is 0. The number of hydrogen-bond donors (Lipinski definition) is 3. The number of esters is 1. The van der Waals surface area contributed by atoms with E-state index in [1.54, 1.807) is 0 Å². The van der Waals surface area contributed by atoms with Crippen LogP contribution in [0, 0.1) is 0 Å². The van der Waals surface area contributed by atoms with E-state index < -0.39 is 18.2 Å². The molecule has 1 amide bonds. The Labute approximate surface area is 373 Å². The number of carbonyl (C=O) groups excluding carboxylic acids is 2. The van der Waals surface area contributed by atoms with E-state index in [1.165, 1.54) is 173 Å². The summed E-state index contributed by atoms with van der Waals surface area (Å²) in [5, 5.41) is 23.8. The number of hydrogen-bond acceptors (Lipinski definition) is 5. The molecule has 0 rings (SSSR count). The summed E-state index contributed by atoms with van der Waals surface area (Å²) in [6, 6.07) is -0.701. The highest BCUT2D eigenvalue weighted by Crippen LogP contribution is 2.18. The minimum absolute atomic E-state index is 0.0733. The van der Waals surface area contributed by atoms with Gasteiger partial charge < -0.3 is 20.3 Å². The van der Waals surface area contributed by atoms with Gasteiger partial charge in [0.05, 0.1) is 25.2 Å². The summed E-state index contributed by atoms with van der Waals surface area (Å²) in [6.07, 6.45) is 55.2. The van der Waals surface area contributed by atoms with Gasteiger partial charge in [-0.1, -0.05) is 238 Å². The van der Waals surface area contributed by atoms with Crippen molar-refractivity contribution in [2.75, 3.05) is 6.61 Å². The number of amides is 1. The van der Waals surface area contributed by atoms with Gasteiger partial charge in [-0.2, -0.15) is 0 Å². The predicted octanol–water partition coefficient (Wildman–Crippen LogP) is 15.9. The van der Waals surface area contributed by atoms with E-state index in [2.05, 4.69) is 50.4 Å². The zero-order valence-electron chi connectivity index (χ0n) is 40.4. The topological polar surface area (TPSA) is 95.9 Å². The lowest BCUT2D eigenvalue weighted by atomic mass is 10.0. The summed E-state index contributed by atoms with van der Waals surface area (Å²) in [7, 11) is 0. The average molecular weight is 846 g/mol. The van der Waals surface area contributed by atoms with Gasteiger partial charge >= 0.3 is 5.97 Å². The Morgan fingerprint density at radius 2 is 0.850 bits per heavy atom. The first-order valence-electron chi connectivity index (χ1n) is 26.6. The standard InChI is InChI=1S/C54H103NO5/c1-4-7-10-13-16-19-22-24-26-28-30-32-34-37-40-43-46-52(57)51(49-56)55-53(58)48-50(60-54(59)47-44-41-38-35-21-18-15-12-9-6-3)45-42-39-36-33-31-29-27-25-23-20-17-14-11-8-5-2/h17,20,25,27,50-52,56-57H,4-16,18-19,21-24,26,28-49H2,1-3H3,(H,55,58)/b20-17-,27-25-. The molecule has 0 bridgehead atoms. The van der Waals surface area contributed by atoms with E-state index in [4.69, 9.17) is 4.74 Å². The molecule has 0 aromatic rings. The molecular formula is C54H103NO5. The Bertz CT molecular complexity index is 950. The average Bonchev–Trinajstić information content (AvgIpc) is 3.24. The van der Waals surface area contributed by atoms with Crippen molar-refractivity contribution in [1.82, 2.24) is 5.32 Å². The number of unbranched alkanes of at least 4 members (excludes halogenated alkanes) is 32. The Hall–Kier alpha value is -1.66. The molecule has 0 aliphatic carbocycles. The highest BCUT2D eigenvalue weighted by atomic mass is 16.5. The Morgan fingerprint density at radius 3 is 1.30 bits per heavy atom. The van der Waals surface area contributed by atoms with Crippen LogP contribution in [0.5, 0.6) is 0 Å². The number of allylic oxidation sites excluding steroid dienone is 4. The van der Waals surface area contributed by atoms with Gasteiger partial charge in [0.25, 0.3) is 0 Å². The van der Waals surface area contributed by atoms with Crippen molar-refractivity contribution in [3.8, 4) is 0 Å². The minimum Gasteiger partial charge on any atom is -0.462 e. The van der Waals surface area contributed by atoms with Crippen LogP contribution >= 0.6 is 0 Å². The van der Waals surface area contributed by atoms with Crippen molar-refractivity contribution in [2.24, 2.45) is 0 Å². The number of rotatable bonds is 48. The maximum absolute atomic E-state index is 13.2. The molecule has 0 saturated carbocycles. The van der Waals surface area contributed by atoms with Crippen molar-refractivity contribution in [1.29, 1.82) is 0 Å². The second-order valence-corrected chi connectivity index (χ2v) is 18.3. The van der Waals surface area contributed by atoms with Gasteiger partial charge in [-0.15, -0.1) is 0 Å².